The van der Waals surface area contributed by atoms with E-state index < -0.39 is 60.1 Å². The summed E-state index contributed by atoms with van der Waals surface area (Å²) in [6.45, 7) is 19.1. The Morgan fingerprint density at radius 3 is 0.654 bits per heavy atom. The minimum atomic E-state index is -5.07. The maximum Gasteiger partial charge on any atom is 3.00 e. The first-order valence-electron chi connectivity index (χ1n) is 23.6. The molecule has 81 heavy (non-hydrogen) atoms. The van der Waals surface area contributed by atoms with Gasteiger partial charge in [0.2, 0.25) is 0 Å². The molecule has 0 amide bonds. The van der Waals surface area contributed by atoms with Crippen LogP contribution in [0.25, 0.3) is 90.9 Å². The summed E-state index contributed by atoms with van der Waals surface area (Å²) in [5.74, 6) is 0. The van der Waals surface area contributed by atoms with Crippen LogP contribution in [-0.2, 0) is 57.5 Å². The number of aryl methyl sites for hydroxylation is 8. The second kappa shape index (κ2) is 24.9. The molecule has 0 unspecified atom stereocenters. The minimum Gasteiger partial charge on any atom is -0.744 e. The summed E-state index contributed by atoms with van der Waals surface area (Å²) in [6, 6.07) is 12.9. The van der Waals surface area contributed by atoms with Crippen molar-refractivity contribution in [1.29, 1.82) is 0 Å². The van der Waals surface area contributed by atoms with Gasteiger partial charge in [-0.3, -0.25) is 0 Å². The van der Waals surface area contributed by atoms with Gasteiger partial charge in [0, 0.05) is 0 Å². The fourth-order valence-corrected chi connectivity index (χ4v) is 15.6. The summed E-state index contributed by atoms with van der Waals surface area (Å²) in [7, 11) is -20.3. The van der Waals surface area contributed by atoms with Crippen molar-refractivity contribution in [3.05, 3.63) is 138 Å². The molecule has 2 aliphatic rings. The molecular formula is C56H50FeN4Na3O13S4. The fourth-order valence-electron chi connectivity index (χ4n) is 11.9. The molecule has 0 saturated heterocycles. The van der Waals surface area contributed by atoms with Crippen molar-refractivity contribution in [3.8, 4) is 44.5 Å². The Labute approximate surface area is 548 Å². The Kier molecular flexibility index (Phi) is 21.5. The van der Waals surface area contributed by atoms with Crippen molar-refractivity contribution in [1.82, 2.24) is 19.9 Å². The van der Waals surface area contributed by atoms with E-state index in [1.807, 2.05) is 0 Å². The Morgan fingerprint density at radius 2 is 0.494 bits per heavy atom. The first-order valence-corrected chi connectivity index (χ1v) is 29.2. The van der Waals surface area contributed by atoms with Crippen molar-refractivity contribution in [2.75, 3.05) is 0 Å². The molecule has 2 aliphatic heterocycles. The van der Waals surface area contributed by atoms with Gasteiger partial charge in [-0.15, -0.1) is 22.1 Å². The van der Waals surface area contributed by atoms with Crippen LogP contribution >= 0.6 is 0 Å². The van der Waals surface area contributed by atoms with Crippen LogP contribution in [0.1, 0.15) is 89.5 Å². The Hall–Kier alpha value is -3.40. The van der Waals surface area contributed by atoms with Crippen molar-refractivity contribution < 1.29 is 163 Å². The third-order valence-electron chi connectivity index (χ3n) is 14.2. The van der Waals surface area contributed by atoms with Gasteiger partial charge in [0.15, 0.2) is 0 Å². The first-order chi connectivity index (χ1) is 35.2. The van der Waals surface area contributed by atoms with Gasteiger partial charge in [0.25, 0.3) is 0 Å². The van der Waals surface area contributed by atoms with Gasteiger partial charge in [-0.1, -0.05) is 48.5 Å². The van der Waals surface area contributed by atoms with Crippen molar-refractivity contribution in [2.45, 2.75) is 103 Å². The summed E-state index contributed by atoms with van der Waals surface area (Å²) in [5, 5.41) is 0. The number of nitrogens with zero attached hydrogens (tertiary/aromatic N) is 4. The van der Waals surface area contributed by atoms with Crippen LogP contribution < -0.4 is 98.6 Å². The van der Waals surface area contributed by atoms with E-state index in [2.05, 4.69) is 0 Å². The van der Waals surface area contributed by atoms with E-state index in [4.69, 9.17) is 19.9 Å². The number of benzene rings is 4. The van der Waals surface area contributed by atoms with E-state index in [1.54, 1.807) is 101 Å². The molecule has 17 nitrogen and oxygen atoms in total. The number of fused-ring (bicyclic) bond motifs is 8. The monoisotopic (exact) mass is 1240 g/mol. The number of hydrogen-bond donors (Lipinski definition) is 0. The molecule has 407 valence electrons. The second-order valence-electron chi connectivity index (χ2n) is 19.5. The molecule has 4 aromatic carbocycles. The maximum atomic E-state index is 13.0. The molecule has 9 rings (SSSR count). The molecular weight excluding hydrogens is 1190 g/mol. The van der Waals surface area contributed by atoms with E-state index in [0.717, 1.165) is 0 Å². The molecule has 3 aromatic heterocycles. The van der Waals surface area contributed by atoms with Crippen LogP contribution in [0.2, 0.25) is 0 Å². The summed E-state index contributed by atoms with van der Waals surface area (Å²) in [5.41, 5.74) is 7.36. The average molecular weight is 1240 g/mol. The Balaban J connectivity index is 0.00000282. The van der Waals surface area contributed by atoms with Crippen LogP contribution in [-0.4, -0.2) is 67.3 Å². The quantitative estimate of drug-likeness (QED) is 0.144. The largest absolute Gasteiger partial charge is 3.00 e. The van der Waals surface area contributed by atoms with Gasteiger partial charge < -0.3 is 33.7 Å². The van der Waals surface area contributed by atoms with Gasteiger partial charge in [-0.2, -0.15) is 0 Å². The van der Waals surface area contributed by atoms with E-state index in [9.17, 15) is 51.9 Å². The number of hydrogen-bond acceptors (Lipinski definition) is 14. The molecule has 1 radical (unpaired) electrons. The summed E-state index contributed by atoms with van der Waals surface area (Å²) >= 11 is 0. The molecule has 0 spiro atoms. The second-order valence-corrected chi connectivity index (χ2v) is 24.8. The minimum absolute atomic E-state index is 0. The summed E-state index contributed by atoms with van der Waals surface area (Å²) < 4.78 is 156. The summed E-state index contributed by atoms with van der Waals surface area (Å²) in [6.07, 6.45) is 6.58. The normalized spacial score (nSPS) is 12.2. The number of rotatable bonds is 8. The molecule has 0 atom stereocenters. The molecule has 5 heterocycles. The van der Waals surface area contributed by atoms with Crippen LogP contribution in [0.3, 0.4) is 0 Å². The predicted octanol–water partition coefficient (Wildman–Crippen LogP) is 0.0840. The van der Waals surface area contributed by atoms with Crippen LogP contribution in [0.4, 0.5) is 0 Å². The van der Waals surface area contributed by atoms with E-state index in [1.165, 1.54) is 55.4 Å². The topological polar surface area (TPSA) is 314 Å². The van der Waals surface area contributed by atoms with E-state index >= 15 is 0 Å². The zero-order chi connectivity index (χ0) is 55.8. The average Bonchev–Trinajstić information content (AvgIpc) is 4.10. The fraction of sp³-hybridized carbons (Fsp3) is 0.214. The van der Waals surface area contributed by atoms with Crippen LogP contribution in [0.5, 0.6) is 0 Å². The Morgan fingerprint density at radius 1 is 0.321 bits per heavy atom. The Bertz CT molecular complexity index is 3990. The van der Waals surface area contributed by atoms with Crippen LogP contribution in [0.15, 0.2) is 68.1 Å². The molecule has 0 saturated carbocycles. The number of aromatic nitrogens is 4. The van der Waals surface area contributed by atoms with Gasteiger partial charge >= 0.3 is 106 Å². The smallest absolute Gasteiger partial charge is 0.744 e. The zero-order valence-electron chi connectivity index (χ0n) is 47.1. The molecule has 0 aliphatic carbocycles. The van der Waals surface area contributed by atoms with Gasteiger partial charge in [0.05, 0.1) is 42.4 Å². The molecule has 25 heteroatoms. The molecule has 7 aromatic rings. The SMILES string of the molecule is Cc1cc(C)c(S(=O)(=O)[O-])c(C)c1-c1c2nc(c(-c3c(C)cc(C)c(S(=O)(=O)[O-])c3C)c3ccc([n-]3)c(-c3c(C)cc(C)c(S(=O)(=O)[O-])c3C)c3nc(c(-c4c(C)cc(C)c(S(=O)(=O)[O-])c4C)c4ccc1[n-]4)C=C3)C=C2.O.[Fe+3].[Na+].[Na+].[Na+]. The molecule has 8 bridgehead atoms. The third kappa shape index (κ3) is 12.5. The van der Waals surface area contributed by atoms with Crippen molar-refractivity contribution in [2.24, 2.45) is 0 Å². The zero-order valence-corrected chi connectivity index (χ0v) is 57.5. The van der Waals surface area contributed by atoms with E-state index in [-0.39, 0.29) is 223 Å². The van der Waals surface area contributed by atoms with E-state index in [0.29, 0.717) is 44.5 Å². The summed E-state index contributed by atoms with van der Waals surface area (Å²) in [4.78, 5) is 19.0. The first kappa shape index (κ1) is 70.1. The maximum absolute atomic E-state index is 13.0. The third-order valence-corrected chi connectivity index (χ3v) is 18.7. The van der Waals surface area contributed by atoms with Crippen LogP contribution in [0, 0.1) is 83.1 Å². The van der Waals surface area contributed by atoms with Crippen molar-refractivity contribution in [3.63, 3.8) is 0 Å². The van der Waals surface area contributed by atoms with Gasteiger partial charge in [-0.25, -0.2) is 43.6 Å². The standard InChI is InChI=1S/C56H52N4O12S4.Fe.3Na.H2O/c1-25-21-29(5)53(73(61,62)63)33(9)45(25)49-37-13-15-39(57-37)50(46-26(2)22-30(6)54(34(46)10)74(64,65)66)41-17-19-43(59-41)52(48-28(4)24-32(8)56(36(48)12)76(70,71)72)44-20-18-42(60-44)51(40-16-14-38(49)58-40)47-27(3)23-31(7)55(35(47)11)75(67,68)69;;;;;/h13-24H,1-12H3,(H,61,62,63)(H,64,65,66)(H,67,68,69)(H,70,71,72);;;;;1H2/q-2;+3;3*+1;/p-4. The van der Waals surface area contributed by atoms with Crippen molar-refractivity contribution >= 4 is 86.8 Å². The molecule has 2 N–H and O–H groups in total. The van der Waals surface area contributed by atoms with Gasteiger partial charge in [0.1, 0.15) is 40.5 Å². The van der Waals surface area contributed by atoms with Gasteiger partial charge in [-0.05, 0) is 219 Å². The molecule has 0 fully saturated rings. The predicted molar refractivity (Wildman–Crippen MR) is 291 cm³/mol.